The number of ether oxygens (including phenoxy) is 1. The topological polar surface area (TPSA) is 108 Å². The lowest BCUT2D eigenvalue weighted by Gasteiger charge is -2.36. The highest BCUT2D eigenvalue weighted by atomic mass is 16.5. The van der Waals surface area contributed by atoms with E-state index in [4.69, 9.17) is 10.00 Å². The third-order valence-corrected chi connectivity index (χ3v) is 6.26. The zero-order chi connectivity index (χ0) is 23.5. The van der Waals surface area contributed by atoms with Crippen molar-refractivity contribution in [2.45, 2.75) is 39.2 Å². The van der Waals surface area contributed by atoms with Crippen LogP contribution in [0.5, 0.6) is 0 Å². The predicted molar refractivity (Wildman–Crippen MR) is 126 cm³/mol. The van der Waals surface area contributed by atoms with Crippen molar-refractivity contribution in [1.82, 2.24) is 9.47 Å². The van der Waals surface area contributed by atoms with Crippen LogP contribution in [0.1, 0.15) is 49.5 Å². The summed E-state index contributed by atoms with van der Waals surface area (Å²) >= 11 is 0. The Bertz CT molecular complexity index is 1170. The molecule has 1 amide bonds. The number of pyridine rings is 1. The number of carbonyl (C=O) groups excluding carboxylic acids is 2. The highest BCUT2D eigenvalue weighted by molar-refractivity contribution is 6.01. The number of anilines is 2. The smallest absolute Gasteiger partial charge is 0.343 e. The number of esters is 1. The van der Waals surface area contributed by atoms with Gasteiger partial charge in [-0.1, -0.05) is 6.92 Å². The first-order valence-electron chi connectivity index (χ1n) is 11.5. The lowest BCUT2D eigenvalue weighted by atomic mass is 10.1. The van der Waals surface area contributed by atoms with Crippen LogP contribution in [0.4, 0.5) is 11.4 Å². The Morgan fingerprint density at radius 2 is 1.91 bits per heavy atom. The third kappa shape index (κ3) is 4.71. The second kappa shape index (κ2) is 9.63. The van der Waals surface area contributed by atoms with Crippen molar-refractivity contribution in [1.29, 1.82) is 5.26 Å². The maximum Gasteiger partial charge on any atom is 0.343 e. The monoisotopic (exact) mass is 451 g/mol. The van der Waals surface area contributed by atoms with Gasteiger partial charge >= 0.3 is 5.97 Å². The number of amides is 1. The van der Waals surface area contributed by atoms with Crippen molar-refractivity contribution in [2.75, 3.05) is 49.5 Å². The second-order valence-corrected chi connectivity index (χ2v) is 8.42. The van der Waals surface area contributed by atoms with Gasteiger partial charge in [0.15, 0.2) is 0 Å². The fourth-order valence-electron chi connectivity index (χ4n) is 4.33. The van der Waals surface area contributed by atoms with Crippen LogP contribution in [0.3, 0.4) is 0 Å². The molecule has 0 spiro atoms. The van der Waals surface area contributed by atoms with Gasteiger partial charge in [-0.2, -0.15) is 5.26 Å². The van der Waals surface area contributed by atoms with Crippen molar-refractivity contribution >= 4 is 34.2 Å². The number of aromatic nitrogens is 1. The van der Waals surface area contributed by atoms with E-state index in [-0.39, 0.29) is 24.6 Å². The summed E-state index contributed by atoms with van der Waals surface area (Å²) < 4.78 is 7.10. The summed E-state index contributed by atoms with van der Waals surface area (Å²) in [5.74, 6) is -1.08. The summed E-state index contributed by atoms with van der Waals surface area (Å²) in [7, 11) is 0. The van der Waals surface area contributed by atoms with Crippen LogP contribution in [-0.2, 0) is 9.53 Å². The first-order chi connectivity index (χ1) is 16.0. The van der Waals surface area contributed by atoms with E-state index >= 15 is 0 Å². The van der Waals surface area contributed by atoms with Gasteiger partial charge in [-0.3, -0.25) is 9.59 Å². The molecule has 0 bridgehead atoms. The highest BCUT2D eigenvalue weighted by Crippen LogP contribution is 2.39. The number of nitrogens with one attached hydrogen (secondary N) is 1. The summed E-state index contributed by atoms with van der Waals surface area (Å²) in [5.41, 5.74) is 1.62. The fourth-order valence-corrected chi connectivity index (χ4v) is 4.33. The molecule has 0 radical (unpaired) electrons. The van der Waals surface area contributed by atoms with Gasteiger partial charge in [-0.05, 0) is 38.4 Å². The van der Waals surface area contributed by atoms with E-state index in [0.717, 1.165) is 56.8 Å². The second-order valence-electron chi connectivity index (χ2n) is 8.42. The van der Waals surface area contributed by atoms with Gasteiger partial charge in [0.25, 0.3) is 0 Å². The Labute approximate surface area is 192 Å². The standard InChI is InChI=1S/C24H29N5O4/c1-3-27-9-11-28(12-10-27)21-14-20-17(13-19(21)26-22(30)7-8-25)23(31)18(24(32)33-4-2)15-29(20)16-5-6-16/h13-16H,3-7,9-12H2,1-2H3,(H,26,30). The molecule has 1 aliphatic heterocycles. The van der Waals surface area contributed by atoms with E-state index in [1.165, 1.54) is 0 Å². The molecule has 2 fully saturated rings. The molecule has 9 heteroatoms. The molecule has 1 saturated heterocycles. The molecule has 2 aromatic rings. The van der Waals surface area contributed by atoms with Crippen molar-refractivity contribution < 1.29 is 14.3 Å². The SMILES string of the molecule is CCOC(=O)c1cn(C2CC2)c2cc(N3CCN(CC)CC3)c(NC(=O)CC#N)cc2c1=O. The lowest BCUT2D eigenvalue weighted by Crippen LogP contribution is -2.46. The van der Waals surface area contributed by atoms with Crippen molar-refractivity contribution in [2.24, 2.45) is 0 Å². The molecular weight excluding hydrogens is 422 g/mol. The van der Waals surface area contributed by atoms with Gasteiger partial charge in [-0.25, -0.2) is 4.79 Å². The van der Waals surface area contributed by atoms with Crippen LogP contribution in [0.25, 0.3) is 10.9 Å². The summed E-state index contributed by atoms with van der Waals surface area (Å²) in [6, 6.07) is 5.67. The summed E-state index contributed by atoms with van der Waals surface area (Å²) in [6.07, 6.45) is 3.29. The summed E-state index contributed by atoms with van der Waals surface area (Å²) in [4.78, 5) is 42.6. The molecule has 2 aliphatic rings. The molecule has 9 nitrogen and oxygen atoms in total. The Morgan fingerprint density at radius 1 is 1.18 bits per heavy atom. The van der Waals surface area contributed by atoms with E-state index in [2.05, 4.69) is 22.0 Å². The van der Waals surface area contributed by atoms with Gasteiger partial charge < -0.3 is 24.4 Å². The third-order valence-electron chi connectivity index (χ3n) is 6.26. The number of likely N-dealkylation sites (N-methyl/N-ethyl adjacent to an activating group) is 1. The molecule has 0 atom stereocenters. The van der Waals surface area contributed by atoms with Gasteiger partial charge in [0.2, 0.25) is 11.3 Å². The van der Waals surface area contributed by atoms with Crippen molar-refractivity contribution in [3.63, 3.8) is 0 Å². The van der Waals surface area contributed by atoms with Crippen LogP contribution in [-0.4, -0.2) is 60.7 Å². The average Bonchev–Trinajstić information content (AvgIpc) is 3.65. The minimum Gasteiger partial charge on any atom is -0.462 e. The minimum absolute atomic E-state index is 0.00476. The number of nitrogens with zero attached hydrogens (tertiary/aromatic N) is 4. The first kappa shape index (κ1) is 22.8. The number of carbonyl (C=O) groups is 2. The highest BCUT2D eigenvalue weighted by Gasteiger charge is 2.29. The fraction of sp³-hybridized carbons (Fsp3) is 0.500. The Hall–Kier alpha value is -3.38. The van der Waals surface area contributed by atoms with E-state index in [1.54, 1.807) is 19.2 Å². The van der Waals surface area contributed by atoms with E-state index in [1.807, 2.05) is 16.7 Å². The Kier molecular flexibility index (Phi) is 6.65. The normalized spacial score (nSPS) is 16.5. The maximum absolute atomic E-state index is 13.3. The van der Waals surface area contributed by atoms with E-state index < -0.39 is 17.3 Å². The molecule has 4 rings (SSSR count). The number of benzene rings is 1. The molecule has 1 aromatic heterocycles. The Balaban J connectivity index is 1.87. The van der Waals surface area contributed by atoms with Crippen LogP contribution in [0, 0.1) is 11.3 Å². The largest absolute Gasteiger partial charge is 0.462 e. The van der Waals surface area contributed by atoms with Gasteiger partial charge in [0.1, 0.15) is 12.0 Å². The van der Waals surface area contributed by atoms with Crippen LogP contribution in [0.2, 0.25) is 0 Å². The molecular formula is C24H29N5O4. The molecule has 174 valence electrons. The molecule has 1 saturated carbocycles. The predicted octanol–water partition coefficient (Wildman–Crippen LogP) is 2.51. The number of hydrogen-bond acceptors (Lipinski definition) is 7. The number of piperazine rings is 1. The zero-order valence-corrected chi connectivity index (χ0v) is 19.1. The van der Waals surface area contributed by atoms with Gasteiger partial charge in [0.05, 0.1) is 29.6 Å². The van der Waals surface area contributed by atoms with E-state index in [0.29, 0.717) is 11.1 Å². The quantitative estimate of drug-likeness (QED) is 0.645. The van der Waals surface area contributed by atoms with Crippen molar-refractivity contribution in [3.8, 4) is 6.07 Å². The summed E-state index contributed by atoms with van der Waals surface area (Å²) in [6.45, 7) is 8.37. The van der Waals surface area contributed by atoms with Crippen LogP contribution in [0.15, 0.2) is 23.1 Å². The first-order valence-corrected chi connectivity index (χ1v) is 11.5. The maximum atomic E-state index is 13.3. The zero-order valence-electron chi connectivity index (χ0n) is 19.1. The number of nitriles is 1. The molecule has 2 heterocycles. The number of fused-ring (bicyclic) bond motifs is 1. The number of rotatable bonds is 7. The van der Waals surface area contributed by atoms with E-state index in [9.17, 15) is 14.4 Å². The summed E-state index contributed by atoms with van der Waals surface area (Å²) in [5, 5.41) is 12.1. The van der Waals surface area contributed by atoms with Gasteiger partial charge in [0, 0.05) is 43.8 Å². The van der Waals surface area contributed by atoms with Gasteiger partial charge in [-0.15, -0.1) is 0 Å². The molecule has 33 heavy (non-hydrogen) atoms. The molecule has 0 unspecified atom stereocenters. The van der Waals surface area contributed by atoms with Crippen molar-refractivity contribution in [3.05, 3.63) is 34.1 Å². The molecule has 1 aliphatic carbocycles. The Morgan fingerprint density at radius 3 is 2.52 bits per heavy atom. The van der Waals surface area contributed by atoms with Crippen LogP contribution >= 0.6 is 0 Å². The molecule has 1 aromatic carbocycles. The minimum atomic E-state index is -0.645. The average molecular weight is 452 g/mol. The number of hydrogen-bond donors (Lipinski definition) is 1. The lowest BCUT2D eigenvalue weighted by molar-refractivity contribution is -0.115. The van der Waals surface area contributed by atoms with Crippen LogP contribution < -0.4 is 15.6 Å². The molecule has 1 N–H and O–H groups in total.